The summed E-state index contributed by atoms with van der Waals surface area (Å²) in [7, 11) is 0. The van der Waals surface area contributed by atoms with Crippen molar-refractivity contribution in [1.82, 2.24) is 0 Å². The molecule has 0 spiro atoms. The molecule has 1 saturated carbocycles. The Morgan fingerprint density at radius 2 is 1.58 bits per heavy atom. The number of fused-ring (bicyclic) bond motifs is 5. The molecule has 0 radical (unpaired) electrons. The molecule has 3 nitrogen and oxygen atoms in total. The lowest BCUT2D eigenvalue weighted by Gasteiger charge is -2.12. The van der Waals surface area contributed by atoms with Crippen LogP contribution in [-0.4, -0.2) is 23.8 Å². The van der Waals surface area contributed by atoms with Crippen molar-refractivity contribution in [2.45, 2.75) is 18.6 Å². The SMILES string of the molecule is O=C1CC(=O)[C@H]2[C@@H]1[C@H]1C=C[C@@H]2O1. The first-order valence-electron chi connectivity index (χ1n) is 4.16. The van der Waals surface area contributed by atoms with Gasteiger partial charge in [-0.05, 0) is 0 Å². The van der Waals surface area contributed by atoms with Crippen LogP contribution in [0.4, 0.5) is 0 Å². The molecule has 3 heteroatoms. The highest BCUT2D eigenvalue weighted by Crippen LogP contribution is 2.44. The van der Waals surface area contributed by atoms with Crippen LogP contribution in [0.1, 0.15) is 6.42 Å². The molecule has 3 aliphatic rings. The van der Waals surface area contributed by atoms with Crippen molar-refractivity contribution in [3.63, 3.8) is 0 Å². The number of ether oxygens (including phenoxy) is 1. The maximum absolute atomic E-state index is 11.3. The Hall–Kier alpha value is -0.960. The first-order valence-corrected chi connectivity index (χ1v) is 4.16. The number of Topliss-reactive ketones (excluding diaryl/α,β-unsaturated/α-hetero) is 2. The standard InChI is InChI=1S/C9H8O3/c10-4-3-5(11)9-7-2-1-6(12-7)8(4)9/h1-2,6-9H,3H2/t6-,7+,8+,9-. The minimum absolute atomic E-state index is 0.0712. The predicted octanol–water partition coefficient (Wildman–Crippen LogP) is 0.0979. The summed E-state index contributed by atoms with van der Waals surface area (Å²) in [5.41, 5.74) is 0. The first-order chi connectivity index (χ1) is 5.77. The average molecular weight is 164 g/mol. The molecule has 2 bridgehead atoms. The third kappa shape index (κ3) is 0.569. The molecule has 0 aromatic carbocycles. The molecular weight excluding hydrogens is 156 g/mol. The number of carbonyl (C=O) groups is 2. The van der Waals surface area contributed by atoms with Crippen molar-refractivity contribution in [3.05, 3.63) is 12.2 Å². The molecule has 2 heterocycles. The van der Waals surface area contributed by atoms with Crippen molar-refractivity contribution in [1.29, 1.82) is 0 Å². The summed E-state index contributed by atoms with van der Waals surface area (Å²) < 4.78 is 5.43. The van der Waals surface area contributed by atoms with Crippen LogP contribution >= 0.6 is 0 Å². The van der Waals surface area contributed by atoms with Crippen LogP contribution in [0.5, 0.6) is 0 Å². The molecule has 0 N–H and O–H groups in total. The van der Waals surface area contributed by atoms with Gasteiger partial charge in [-0.1, -0.05) is 12.2 Å². The van der Waals surface area contributed by atoms with E-state index in [1.54, 1.807) is 0 Å². The van der Waals surface area contributed by atoms with Crippen molar-refractivity contribution in [2.24, 2.45) is 11.8 Å². The van der Waals surface area contributed by atoms with Crippen LogP contribution in [0.15, 0.2) is 12.2 Å². The van der Waals surface area contributed by atoms with E-state index in [0.29, 0.717) is 0 Å². The summed E-state index contributed by atoms with van der Waals surface area (Å²) >= 11 is 0. The maximum atomic E-state index is 11.3. The van der Waals surface area contributed by atoms with Crippen LogP contribution in [0.2, 0.25) is 0 Å². The Bertz CT molecular complexity index is 277. The van der Waals surface area contributed by atoms with E-state index >= 15 is 0 Å². The molecule has 3 rings (SSSR count). The van der Waals surface area contributed by atoms with E-state index in [-0.39, 0.29) is 42.0 Å². The number of ketones is 2. The summed E-state index contributed by atoms with van der Waals surface area (Å²) in [5, 5.41) is 0. The van der Waals surface area contributed by atoms with Gasteiger partial charge in [-0.2, -0.15) is 0 Å². The van der Waals surface area contributed by atoms with Crippen molar-refractivity contribution in [2.75, 3.05) is 0 Å². The van der Waals surface area contributed by atoms with E-state index in [2.05, 4.69) is 0 Å². The molecule has 4 atom stereocenters. The number of hydrogen-bond acceptors (Lipinski definition) is 3. The minimum atomic E-state index is -0.146. The van der Waals surface area contributed by atoms with E-state index < -0.39 is 0 Å². The van der Waals surface area contributed by atoms with Gasteiger partial charge < -0.3 is 4.74 Å². The number of hydrogen-bond donors (Lipinski definition) is 0. The van der Waals surface area contributed by atoms with E-state index in [4.69, 9.17) is 4.74 Å². The normalized spacial score (nSPS) is 49.0. The fourth-order valence-electron chi connectivity index (χ4n) is 2.48. The second kappa shape index (κ2) is 1.85. The van der Waals surface area contributed by atoms with Gasteiger partial charge in [0.05, 0.1) is 30.5 Å². The molecule has 1 aliphatic carbocycles. The molecule has 2 fully saturated rings. The molecule has 12 heavy (non-hydrogen) atoms. The van der Waals surface area contributed by atoms with Gasteiger partial charge in [0, 0.05) is 0 Å². The molecule has 0 unspecified atom stereocenters. The highest BCUT2D eigenvalue weighted by atomic mass is 16.5. The Balaban J connectivity index is 2.08. The zero-order valence-corrected chi connectivity index (χ0v) is 6.40. The molecule has 2 aliphatic heterocycles. The Morgan fingerprint density at radius 3 is 2.08 bits per heavy atom. The quantitative estimate of drug-likeness (QED) is 0.376. The third-order valence-corrected chi connectivity index (χ3v) is 2.99. The zero-order valence-electron chi connectivity index (χ0n) is 6.40. The predicted molar refractivity (Wildman–Crippen MR) is 39.4 cm³/mol. The van der Waals surface area contributed by atoms with Crippen LogP contribution in [0, 0.1) is 11.8 Å². The van der Waals surface area contributed by atoms with Gasteiger partial charge >= 0.3 is 0 Å². The second-order valence-electron chi connectivity index (χ2n) is 3.61. The smallest absolute Gasteiger partial charge is 0.147 e. The minimum Gasteiger partial charge on any atom is -0.365 e. The van der Waals surface area contributed by atoms with Crippen LogP contribution in [-0.2, 0) is 14.3 Å². The van der Waals surface area contributed by atoms with E-state index in [9.17, 15) is 9.59 Å². The fourth-order valence-corrected chi connectivity index (χ4v) is 2.48. The molecule has 62 valence electrons. The van der Waals surface area contributed by atoms with Gasteiger partial charge in [-0.15, -0.1) is 0 Å². The van der Waals surface area contributed by atoms with Crippen LogP contribution < -0.4 is 0 Å². The summed E-state index contributed by atoms with van der Waals surface area (Å²) in [6.07, 6.45) is 3.75. The summed E-state index contributed by atoms with van der Waals surface area (Å²) in [6.45, 7) is 0. The summed E-state index contributed by atoms with van der Waals surface area (Å²) in [6, 6.07) is 0. The van der Waals surface area contributed by atoms with Crippen LogP contribution in [0.3, 0.4) is 0 Å². The molecular formula is C9H8O3. The van der Waals surface area contributed by atoms with E-state index in [0.717, 1.165) is 0 Å². The average Bonchev–Trinajstić information content (AvgIpc) is 2.64. The molecule has 1 saturated heterocycles. The lowest BCUT2D eigenvalue weighted by atomic mass is 9.85. The Morgan fingerprint density at radius 1 is 1.08 bits per heavy atom. The van der Waals surface area contributed by atoms with Gasteiger partial charge in [0.15, 0.2) is 0 Å². The van der Waals surface area contributed by atoms with E-state index in [1.807, 2.05) is 12.2 Å². The Kier molecular flexibility index (Phi) is 1.01. The van der Waals surface area contributed by atoms with Crippen molar-refractivity contribution >= 4 is 11.6 Å². The first kappa shape index (κ1) is 6.54. The monoisotopic (exact) mass is 164 g/mol. The number of rotatable bonds is 0. The van der Waals surface area contributed by atoms with Crippen molar-refractivity contribution < 1.29 is 14.3 Å². The lowest BCUT2D eigenvalue weighted by Crippen LogP contribution is -2.26. The third-order valence-electron chi connectivity index (χ3n) is 2.99. The maximum Gasteiger partial charge on any atom is 0.147 e. The van der Waals surface area contributed by atoms with E-state index in [1.165, 1.54) is 0 Å². The van der Waals surface area contributed by atoms with Gasteiger partial charge in [0.1, 0.15) is 11.6 Å². The molecule has 0 aromatic rings. The van der Waals surface area contributed by atoms with Gasteiger partial charge in [-0.25, -0.2) is 0 Å². The fraction of sp³-hybridized carbons (Fsp3) is 0.556. The summed E-state index contributed by atoms with van der Waals surface area (Å²) in [5.74, 6) is -0.149. The summed E-state index contributed by atoms with van der Waals surface area (Å²) in [4.78, 5) is 22.6. The van der Waals surface area contributed by atoms with Crippen molar-refractivity contribution in [3.8, 4) is 0 Å². The van der Waals surface area contributed by atoms with Gasteiger partial charge in [0.25, 0.3) is 0 Å². The van der Waals surface area contributed by atoms with Gasteiger partial charge in [-0.3, -0.25) is 9.59 Å². The topological polar surface area (TPSA) is 43.4 Å². The highest BCUT2D eigenvalue weighted by molar-refractivity contribution is 6.10. The zero-order chi connectivity index (χ0) is 8.29. The Labute approximate surface area is 69.4 Å². The largest absolute Gasteiger partial charge is 0.365 e. The molecule has 0 aromatic heterocycles. The van der Waals surface area contributed by atoms with Crippen LogP contribution in [0.25, 0.3) is 0 Å². The lowest BCUT2D eigenvalue weighted by molar-refractivity contribution is -0.125. The molecule has 0 amide bonds. The van der Waals surface area contributed by atoms with Gasteiger partial charge in [0.2, 0.25) is 0 Å². The highest BCUT2D eigenvalue weighted by Gasteiger charge is 2.56. The number of carbonyl (C=O) groups excluding carboxylic acids is 2. The second-order valence-corrected chi connectivity index (χ2v) is 3.61.